The molecule has 1 aromatic carbocycles. The summed E-state index contributed by atoms with van der Waals surface area (Å²) in [6, 6.07) is 3.89. The summed E-state index contributed by atoms with van der Waals surface area (Å²) < 4.78 is 12.9. The van der Waals surface area contributed by atoms with Gasteiger partial charge in [-0.15, -0.1) is 0 Å². The molecule has 1 aromatic rings. The molecule has 0 aliphatic heterocycles. The van der Waals surface area contributed by atoms with Crippen LogP contribution in [0.5, 0.6) is 0 Å². The van der Waals surface area contributed by atoms with Crippen molar-refractivity contribution in [3.05, 3.63) is 24.0 Å². The fourth-order valence-corrected chi connectivity index (χ4v) is 1.09. The minimum atomic E-state index is -0.915. The predicted octanol–water partition coefficient (Wildman–Crippen LogP) is 0.563. The van der Waals surface area contributed by atoms with Crippen LogP contribution in [0.25, 0.3) is 0 Å². The average molecular weight is 214 g/mol. The average Bonchev–Trinajstić information content (AvgIpc) is 2.23. The van der Waals surface area contributed by atoms with Gasteiger partial charge in [-0.2, -0.15) is 0 Å². The van der Waals surface area contributed by atoms with E-state index in [9.17, 15) is 4.39 Å². The van der Waals surface area contributed by atoms with Gasteiger partial charge in [0, 0.05) is 0 Å². The normalized spacial score (nSPS) is 11.5. The van der Waals surface area contributed by atoms with Gasteiger partial charge in [-0.25, -0.2) is 4.39 Å². The van der Waals surface area contributed by atoms with Crippen molar-refractivity contribution in [2.24, 2.45) is 0 Å². The Balaban J connectivity index is 2.92. The molecule has 0 saturated carbocycles. The number of hydrogen-bond donors (Lipinski definition) is 4. The molecule has 5 heteroatoms. The minimum Gasteiger partial charge on any atom is -0.397 e. The highest BCUT2D eigenvalue weighted by Crippen LogP contribution is 2.23. The van der Waals surface area contributed by atoms with E-state index in [1.807, 2.05) is 0 Å². The maximum Gasteiger partial charge on any atom is 0.125 e. The van der Waals surface area contributed by atoms with E-state index in [4.69, 9.17) is 15.9 Å². The van der Waals surface area contributed by atoms with Gasteiger partial charge in [0.05, 0.1) is 30.1 Å². The predicted molar refractivity (Wildman–Crippen MR) is 57.0 cm³/mol. The summed E-state index contributed by atoms with van der Waals surface area (Å²) in [5.74, 6) is -0.426. The molecule has 15 heavy (non-hydrogen) atoms. The van der Waals surface area contributed by atoms with Gasteiger partial charge in [-0.1, -0.05) is 0 Å². The monoisotopic (exact) mass is 214 g/mol. The van der Waals surface area contributed by atoms with E-state index in [-0.39, 0.29) is 13.2 Å². The number of nitrogens with one attached hydrogen (secondary N) is 1. The van der Waals surface area contributed by atoms with Crippen molar-refractivity contribution in [2.75, 3.05) is 24.3 Å². The van der Waals surface area contributed by atoms with Crippen LogP contribution in [0.15, 0.2) is 18.2 Å². The lowest BCUT2D eigenvalue weighted by Crippen LogP contribution is -2.42. The molecule has 0 spiro atoms. The number of nitrogens with two attached hydrogens (primary N) is 1. The SMILES string of the molecule is CC(CO)(CO)Nc1cc(F)ccc1N. The first-order valence-electron chi connectivity index (χ1n) is 4.56. The molecule has 0 amide bonds. The molecule has 0 radical (unpaired) electrons. The molecule has 0 unspecified atom stereocenters. The molecule has 4 nitrogen and oxygen atoms in total. The highest BCUT2D eigenvalue weighted by Gasteiger charge is 2.22. The summed E-state index contributed by atoms with van der Waals surface area (Å²) in [7, 11) is 0. The fraction of sp³-hybridized carbons (Fsp3) is 0.400. The van der Waals surface area contributed by atoms with E-state index in [0.717, 1.165) is 0 Å². The van der Waals surface area contributed by atoms with Crippen LogP contribution in [0, 0.1) is 5.82 Å². The Morgan fingerprint density at radius 1 is 1.40 bits per heavy atom. The quantitative estimate of drug-likeness (QED) is 0.552. The van der Waals surface area contributed by atoms with Crippen LogP contribution in [0.1, 0.15) is 6.92 Å². The maximum atomic E-state index is 12.9. The zero-order valence-corrected chi connectivity index (χ0v) is 8.50. The van der Waals surface area contributed by atoms with Crippen LogP contribution in [-0.4, -0.2) is 29.0 Å². The highest BCUT2D eigenvalue weighted by molar-refractivity contribution is 5.66. The molecular weight excluding hydrogens is 199 g/mol. The lowest BCUT2D eigenvalue weighted by Gasteiger charge is -2.28. The van der Waals surface area contributed by atoms with Crippen molar-refractivity contribution >= 4 is 11.4 Å². The van der Waals surface area contributed by atoms with Crippen LogP contribution in [0.4, 0.5) is 15.8 Å². The third-order valence-electron chi connectivity index (χ3n) is 2.15. The first-order chi connectivity index (χ1) is 7.00. The van der Waals surface area contributed by atoms with Crippen LogP contribution in [0.3, 0.4) is 0 Å². The number of aliphatic hydroxyl groups is 2. The summed E-state index contributed by atoms with van der Waals surface area (Å²) in [5.41, 5.74) is 5.43. The van der Waals surface area contributed by atoms with Crippen molar-refractivity contribution < 1.29 is 14.6 Å². The first kappa shape index (κ1) is 11.7. The number of halogens is 1. The third-order valence-corrected chi connectivity index (χ3v) is 2.15. The highest BCUT2D eigenvalue weighted by atomic mass is 19.1. The van der Waals surface area contributed by atoms with Crippen molar-refractivity contribution in [3.63, 3.8) is 0 Å². The summed E-state index contributed by atoms with van der Waals surface area (Å²) in [6.45, 7) is 1.05. The number of anilines is 2. The van der Waals surface area contributed by atoms with Gasteiger partial charge in [-0.3, -0.25) is 0 Å². The number of benzene rings is 1. The number of aliphatic hydroxyl groups excluding tert-OH is 2. The first-order valence-corrected chi connectivity index (χ1v) is 4.56. The van der Waals surface area contributed by atoms with Gasteiger partial charge in [0.15, 0.2) is 0 Å². The standard InChI is InChI=1S/C10H15FN2O2/c1-10(5-14,6-15)13-9-4-7(11)2-3-8(9)12/h2-4,13-15H,5-6,12H2,1H3. The van der Waals surface area contributed by atoms with Crippen LogP contribution < -0.4 is 11.1 Å². The zero-order chi connectivity index (χ0) is 11.5. The van der Waals surface area contributed by atoms with Gasteiger partial charge < -0.3 is 21.3 Å². The molecule has 1 rings (SSSR count). The van der Waals surface area contributed by atoms with Gasteiger partial charge >= 0.3 is 0 Å². The second kappa shape index (κ2) is 4.46. The van der Waals surface area contributed by atoms with Crippen molar-refractivity contribution in [2.45, 2.75) is 12.5 Å². The van der Waals surface area contributed by atoms with Crippen molar-refractivity contribution in [3.8, 4) is 0 Å². The topological polar surface area (TPSA) is 78.5 Å². The Hall–Kier alpha value is -1.33. The zero-order valence-electron chi connectivity index (χ0n) is 8.50. The number of nitrogen functional groups attached to an aromatic ring is 1. The van der Waals surface area contributed by atoms with E-state index in [1.54, 1.807) is 6.92 Å². The van der Waals surface area contributed by atoms with Crippen LogP contribution >= 0.6 is 0 Å². The molecule has 0 atom stereocenters. The molecule has 0 aliphatic rings. The molecule has 0 saturated heterocycles. The largest absolute Gasteiger partial charge is 0.397 e. The van der Waals surface area contributed by atoms with Gasteiger partial charge in [0.25, 0.3) is 0 Å². The molecule has 0 aromatic heterocycles. The summed E-state index contributed by atoms with van der Waals surface area (Å²) >= 11 is 0. The van der Waals surface area contributed by atoms with E-state index in [0.29, 0.717) is 11.4 Å². The van der Waals surface area contributed by atoms with E-state index >= 15 is 0 Å². The lowest BCUT2D eigenvalue weighted by molar-refractivity contribution is 0.147. The summed E-state index contributed by atoms with van der Waals surface area (Å²) in [6.07, 6.45) is 0. The number of hydrogen-bond acceptors (Lipinski definition) is 4. The smallest absolute Gasteiger partial charge is 0.125 e. The van der Waals surface area contributed by atoms with Crippen molar-refractivity contribution in [1.82, 2.24) is 0 Å². The fourth-order valence-electron chi connectivity index (χ4n) is 1.09. The second-order valence-corrected chi connectivity index (χ2v) is 3.73. The maximum absolute atomic E-state index is 12.9. The second-order valence-electron chi connectivity index (χ2n) is 3.73. The van der Waals surface area contributed by atoms with Gasteiger partial charge in [-0.05, 0) is 25.1 Å². The molecule has 5 N–H and O–H groups in total. The van der Waals surface area contributed by atoms with E-state index < -0.39 is 11.4 Å². The Morgan fingerprint density at radius 2 is 2.00 bits per heavy atom. The Labute approximate surface area is 87.5 Å². The van der Waals surface area contributed by atoms with E-state index in [1.165, 1.54) is 18.2 Å². The van der Waals surface area contributed by atoms with Crippen LogP contribution in [0.2, 0.25) is 0 Å². The van der Waals surface area contributed by atoms with E-state index in [2.05, 4.69) is 5.32 Å². The van der Waals surface area contributed by atoms with Gasteiger partial charge in [0.1, 0.15) is 5.82 Å². The Kier molecular flexibility index (Phi) is 3.49. The van der Waals surface area contributed by atoms with Gasteiger partial charge in [0.2, 0.25) is 0 Å². The molecule has 0 aliphatic carbocycles. The summed E-state index contributed by atoms with van der Waals surface area (Å²) in [5, 5.41) is 20.9. The third kappa shape index (κ3) is 2.81. The minimum absolute atomic E-state index is 0.278. The van der Waals surface area contributed by atoms with Crippen molar-refractivity contribution in [1.29, 1.82) is 0 Å². The number of rotatable bonds is 4. The summed E-state index contributed by atoms with van der Waals surface area (Å²) in [4.78, 5) is 0. The molecule has 0 heterocycles. The Bertz CT molecular complexity index is 340. The lowest BCUT2D eigenvalue weighted by atomic mass is 10.0. The molecule has 0 bridgehead atoms. The molecule has 84 valence electrons. The Morgan fingerprint density at radius 3 is 2.53 bits per heavy atom. The molecule has 0 fully saturated rings. The van der Waals surface area contributed by atoms with Crippen LogP contribution in [-0.2, 0) is 0 Å². The molecular formula is C10H15FN2O2.